The molecule has 1 unspecified atom stereocenters. The van der Waals surface area contributed by atoms with Crippen molar-refractivity contribution < 1.29 is 4.39 Å². The number of hydrogen-bond acceptors (Lipinski definition) is 3. The maximum Gasteiger partial charge on any atom is 0.124 e. The first-order valence-electron chi connectivity index (χ1n) is 5.44. The van der Waals surface area contributed by atoms with Gasteiger partial charge in [0, 0.05) is 17.8 Å². The summed E-state index contributed by atoms with van der Waals surface area (Å²) in [6.07, 6.45) is 2.11. The molecule has 0 spiro atoms. The molecule has 83 valence electrons. The Hall–Kier alpha value is -1.00. The van der Waals surface area contributed by atoms with Crippen molar-refractivity contribution in [2.24, 2.45) is 0 Å². The van der Waals surface area contributed by atoms with E-state index in [0.29, 0.717) is 5.92 Å². The van der Waals surface area contributed by atoms with E-state index in [1.54, 1.807) is 6.07 Å². The number of hydrogen-bond donors (Lipinski definition) is 1. The van der Waals surface area contributed by atoms with Crippen molar-refractivity contribution in [3.63, 3.8) is 0 Å². The minimum atomic E-state index is -0.181. The molecule has 1 N–H and O–H groups in total. The van der Waals surface area contributed by atoms with Gasteiger partial charge >= 0.3 is 0 Å². The smallest absolute Gasteiger partial charge is 0.124 e. The lowest BCUT2D eigenvalue weighted by molar-refractivity contribution is 0.507. The highest BCUT2D eigenvalue weighted by molar-refractivity contribution is 7.13. The summed E-state index contributed by atoms with van der Waals surface area (Å²) in [5.41, 5.74) is 1.14. The van der Waals surface area contributed by atoms with Crippen molar-refractivity contribution in [2.45, 2.75) is 18.8 Å². The Kier molecular flexibility index (Phi) is 2.61. The van der Waals surface area contributed by atoms with Gasteiger partial charge in [-0.2, -0.15) is 4.37 Å². The van der Waals surface area contributed by atoms with E-state index in [1.807, 2.05) is 6.07 Å². The lowest BCUT2D eigenvalue weighted by Gasteiger charge is -2.20. The number of nitrogens with zero attached hydrogens (tertiary/aromatic N) is 1. The van der Waals surface area contributed by atoms with Gasteiger partial charge in [0.05, 0.1) is 10.4 Å². The fraction of sp³-hybridized carbons (Fsp3) is 0.333. The summed E-state index contributed by atoms with van der Waals surface area (Å²) in [6.45, 7) is 3.10. The van der Waals surface area contributed by atoms with Gasteiger partial charge in [-0.05, 0) is 49.1 Å². The van der Waals surface area contributed by atoms with Gasteiger partial charge in [0.1, 0.15) is 5.82 Å². The van der Waals surface area contributed by atoms with E-state index < -0.39 is 0 Å². The molecule has 16 heavy (non-hydrogen) atoms. The lowest BCUT2D eigenvalue weighted by atomic mass is 9.93. The number of nitrogens with one attached hydrogen (secondary N) is 1. The Morgan fingerprint density at radius 3 is 3.19 bits per heavy atom. The summed E-state index contributed by atoms with van der Waals surface area (Å²) >= 11 is 1.40. The van der Waals surface area contributed by atoms with E-state index in [9.17, 15) is 4.39 Å². The predicted molar refractivity (Wildman–Crippen MR) is 63.9 cm³/mol. The number of piperidine rings is 1. The van der Waals surface area contributed by atoms with E-state index in [1.165, 1.54) is 17.6 Å². The molecule has 1 atom stereocenters. The van der Waals surface area contributed by atoms with Crippen LogP contribution < -0.4 is 5.32 Å². The van der Waals surface area contributed by atoms with Crippen LogP contribution in [0, 0.1) is 12.4 Å². The molecule has 1 aliphatic heterocycles. The number of aromatic nitrogens is 1. The quantitative estimate of drug-likeness (QED) is 0.821. The van der Waals surface area contributed by atoms with Gasteiger partial charge in [-0.25, -0.2) is 4.39 Å². The van der Waals surface area contributed by atoms with E-state index >= 15 is 0 Å². The molecule has 0 saturated carbocycles. The maximum absolute atomic E-state index is 13.1. The zero-order chi connectivity index (χ0) is 11.0. The summed E-state index contributed by atoms with van der Waals surface area (Å²) in [6, 6.07) is 4.94. The van der Waals surface area contributed by atoms with Gasteiger partial charge in [-0.1, -0.05) is 0 Å². The zero-order valence-corrected chi connectivity index (χ0v) is 9.56. The fourth-order valence-electron chi connectivity index (χ4n) is 2.18. The van der Waals surface area contributed by atoms with Gasteiger partial charge in [-0.3, -0.25) is 0 Å². The fourth-order valence-corrected chi connectivity index (χ4v) is 3.06. The summed E-state index contributed by atoms with van der Waals surface area (Å²) in [7, 11) is 0. The first kappa shape index (κ1) is 10.2. The standard InChI is InChI=1S/C12H12FN2S/c13-9-1-2-10-11(7-9)16-15-12(10)8-3-5-14-6-4-8/h1-2,5,7-8,14H,3-4,6H2. The number of fused-ring (bicyclic) bond motifs is 1. The van der Waals surface area contributed by atoms with Crippen LogP contribution in [0.25, 0.3) is 10.1 Å². The Balaban J connectivity index is 2.03. The molecule has 1 aliphatic rings. The van der Waals surface area contributed by atoms with Gasteiger partial charge < -0.3 is 5.32 Å². The molecule has 0 aliphatic carbocycles. The molecule has 1 fully saturated rings. The predicted octanol–water partition coefficient (Wildman–Crippen LogP) is 3.06. The van der Waals surface area contributed by atoms with Crippen LogP contribution >= 0.6 is 11.5 Å². The third-order valence-corrected chi connectivity index (χ3v) is 3.85. The highest BCUT2D eigenvalue weighted by Crippen LogP contribution is 2.33. The number of benzene rings is 1. The normalized spacial score (nSPS) is 18.1. The topological polar surface area (TPSA) is 24.9 Å². The monoisotopic (exact) mass is 235 g/mol. The first-order chi connectivity index (χ1) is 7.84. The summed E-state index contributed by atoms with van der Waals surface area (Å²) < 4.78 is 18.5. The molecule has 0 amide bonds. The van der Waals surface area contributed by atoms with Crippen LogP contribution in [0.4, 0.5) is 4.39 Å². The molecule has 2 nitrogen and oxygen atoms in total. The minimum Gasteiger partial charge on any atom is -0.312 e. The molecule has 2 aromatic rings. The Labute approximate surface area is 97.6 Å². The Morgan fingerprint density at radius 2 is 2.38 bits per heavy atom. The largest absolute Gasteiger partial charge is 0.312 e. The van der Waals surface area contributed by atoms with Crippen LogP contribution in [-0.2, 0) is 0 Å². The number of halogens is 1. The molecule has 1 saturated heterocycles. The molecule has 1 aromatic heterocycles. The van der Waals surface area contributed by atoms with E-state index in [2.05, 4.69) is 16.2 Å². The second-order valence-corrected chi connectivity index (χ2v) is 4.89. The van der Waals surface area contributed by atoms with Crippen LogP contribution in [0.15, 0.2) is 18.2 Å². The van der Waals surface area contributed by atoms with Crippen LogP contribution in [-0.4, -0.2) is 10.9 Å². The Bertz CT molecular complexity index is 503. The molecular formula is C12H12FN2S. The van der Waals surface area contributed by atoms with E-state index in [4.69, 9.17) is 0 Å². The van der Waals surface area contributed by atoms with Crippen molar-refractivity contribution >= 4 is 21.6 Å². The average molecular weight is 235 g/mol. The SMILES string of the molecule is Fc1ccc2c(C3C[CH]NCC3)nsc2c1. The van der Waals surface area contributed by atoms with Gasteiger partial charge in [-0.15, -0.1) is 0 Å². The second kappa shape index (κ2) is 4.11. The van der Waals surface area contributed by atoms with E-state index in [-0.39, 0.29) is 5.82 Å². The second-order valence-electron chi connectivity index (χ2n) is 4.09. The van der Waals surface area contributed by atoms with Crippen molar-refractivity contribution in [3.8, 4) is 0 Å². The molecular weight excluding hydrogens is 223 g/mol. The molecule has 4 heteroatoms. The van der Waals surface area contributed by atoms with Crippen molar-refractivity contribution in [3.05, 3.63) is 36.3 Å². The molecule has 3 rings (SSSR count). The highest BCUT2D eigenvalue weighted by Gasteiger charge is 2.20. The number of rotatable bonds is 1. The van der Waals surface area contributed by atoms with Crippen molar-refractivity contribution in [1.29, 1.82) is 0 Å². The summed E-state index contributed by atoms with van der Waals surface area (Å²) in [4.78, 5) is 0. The van der Waals surface area contributed by atoms with Crippen LogP contribution in [0.5, 0.6) is 0 Å². The third-order valence-electron chi connectivity index (χ3n) is 3.03. The Morgan fingerprint density at radius 1 is 1.44 bits per heavy atom. The minimum absolute atomic E-state index is 0.181. The van der Waals surface area contributed by atoms with Crippen molar-refractivity contribution in [2.75, 3.05) is 6.54 Å². The maximum atomic E-state index is 13.1. The van der Waals surface area contributed by atoms with Gasteiger partial charge in [0.15, 0.2) is 0 Å². The summed E-state index contributed by atoms with van der Waals surface area (Å²) in [5, 5.41) is 4.34. The van der Waals surface area contributed by atoms with Gasteiger partial charge in [0.2, 0.25) is 0 Å². The highest BCUT2D eigenvalue weighted by atomic mass is 32.1. The molecule has 1 aromatic carbocycles. The molecule has 1 radical (unpaired) electrons. The van der Waals surface area contributed by atoms with Crippen LogP contribution in [0.2, 0.25) is 0 Å². The summed E-state index contributed by atoms with van der Waals surface area (Å²) in [5.74, 6) is 0.306. The first-order valence-corrected chi connectivity index (χ1v) is 6.22. The zero-order valence-electron chi connectivity index (χ0n) is 8.74. The van der Waals surface area contributed by atoms with Crippen LogP contribution in [0.1, 0.15) is 24.5 Å². The van der Waals surface area contributed by atoms with E-state index in [0.717, 1.165) is 35.2 Å². The third kappa shape index (κ3) is 1.72. The van der Waals surface area contributed by atoms with Crippen LogP contribution in [0.3, 0.4) is 0 Å². The average Bonchev–Trinajstić information content (AvgIpc) is 2.73. The lowest BCUT2D eigenvalue weighted by Crippen LogP contribution is -2.22. The molecule has 2 heterocycles. The van der Waals surface area contributed by atoms with Gasteiger partial charge in [0.25, 0.3) is 0 Å². The van der Waals surface area contributed by atoms with Crippen molar-refractivity contribution in [1.82, 2.24) is 9.69 Å². The molecule has 0 bridgehead atoms.